The number of rotatable bonds is 2. The van der Waals surface area contributed by atoms with Crippen LogP contribution in [0.25, 0.3) is 0 Å². The van der Waals surface area contributed by atoms with Gasteiger partial charge in [0.2, 0.25) is 0 Å². The molecule has 0 aliphatic heterocycles. The molecule has 0 amide bonds. The summed E-state index contributed by atoms with van der Waals surface area (Å²) in [5, 5.41) is 0. The van der Waals surface area contributed by atoms with Gasteiger partial charge in [0.15, 0.2) is 0 Å². The molecule has 0 spiro atoms. The van der Waals surface area contributed by atoms with E-state index >= 15 is 0 Å². The highest BCUT2D eigenvalue weighted by Gasteiger charge is 1.98. The van der Waals surface area contributed by atoms with Crippen molar-refractivity contribution in [3.8, 4) is 0 Å². The van der Waals surface area contributed by atoms with Crippen molar-refractivity contribution in [2.24, 2.45) is 0 Å². The van der Waals surface area contributed by atoms with Gasteiger partial charge in [-0.25, -0.2) is 0 Å². The zero-order valence-electron chi connectivity index (χ0n) is 6.52. The molecular formula is C10H12. The van der Waals surface area contributed by atoms with Crippen molar-refractivity contribution in [1.82, 2.24) is 0 Å². The highest BCUT2D eigenvalue weighted by atomic mass is 14.0. The Kier molecular flexibility index (Phi) is 2.34. The zero-order chi connectivity index (χ0) is 7.40. The molecule has 0 radical (unpaired) electrons. The van der Waals surface area contributed by atoms with Gasteiger partial charge in [0, 0.05) is 0 Å². The summed E-state index contributed by atoms with van der Waals surface area (Å²) < 4.78 is 0. The first-order chi connectivity index (χ1) is 4.84. The van der Waals surface area contributed by atoms with Crippen molar-refractivity contribution in [2.45, 2.75) is 26.2 Å². The van der Waals surface area contributed by atoms with E-state index in [1.165, 1.54) is 12.0 Å². The Morgan fingerprint density at radius 2 is 2.30 bits per heavy atom. The quantitative estimate of drug-likeness (QED) is 0.580. The maximum Gasteiger partial charge on any atom is -0.00803 e. The third kappa shape index (κ3) is 1.51. The van der Waals surface area contributed by atoms with Crippen LogP contribution in [0.1, 0.15) is 31.7 Å². The smallest absolute Gasteiger partial charge is 0.00803 e. The van der Waals surface area contributed by atoms with Crippen LogP contribution in [0.5, 0.6) is 0 Å². The van der Waals surface area contributed by atoms with E-state index in [1.807, 2.05) is 12.1 Å². The Labute approximate surface area is 62.9 Å². The average Bonchev–Trinajstić information content (AvgIpc) is 2.05. The average molecular weight is 132 g/mol. The Morgan fingerprint density at radius 1 is 1.50 bits per heavy atom. The monoisotopic (exact) mass is 132 g/mol. The van der Waals surface area contributed by atoms with Crippen LogP contribution in [0.15, 0.2) is 18.2 Å². The molecule has 1 aromatic rings. The van der Waals surface area contributed by atoms with Crippen molar-refractivity contribution < 1.29 is 0 Å². The van der Waals surface area contributed by atoms with Crippen LogP contribution in [0, 0.1) is 12.1 Å². The Hall–Kier alpha value is -0.960. The molecule has 1 aromatic carbocycles. The molecule has 0 N–H and O–H groups in total. The molecule has 0 fully saturated rings. The molecule has 1 atom stereocenters. The van der Waals surface area contributed by atoms with Gasteiger partial charge in [0.05, 0.1) is 0 Å². The Morgan fingerprint density at radius 3 is 2.80 bits per heavy atom. The van der Waals surface area contributed by atoms with E-state index in [0.717, 1.165) is 0 Å². The van der Waals surface area contributed by atoms with Crippen LogP contribution in [0.4, 0.5) is 0 Å². The highest BCUT2D eigenvalue weighted by Crippen LogP contribution is 2.15. The van der Waals surface area contributed by atoms with Crippen LogP contribution in [0.3, 0.4) is 0 Å². The molecule has 52 valence electrons. The summed E-state index contributed by atoms with van der Waals surface area (Å²) >= 11 is 0. The van der Waals surface area contributed by atoms with Crippen molar-refractivity contribution in [1.29, 1.82) is 0 Å². The molecule has 10 heavy (non-hydrogen) atoms. The van der Waals surface area contributed by atoms with Gasteiger partial charge in [-0.2, -0.15) is 0 Å². The van der Waals surface area contributed by atoms with E-state index in [0.29, 0.717) is 5.92 Å². The minimum Gasteiger partial charge on any atom is -0.0702 e. The lowest BCUT2D eigenvalue weighted by Crippen LogP contribution is -1.88. The third-order valence-electron chi connectivity index (χ3n) is 1.86. The van der Waals surface area contributed by atoms with E-state index < -0.39 is 0 Å². The molecule has 0 aromatic heterocycles. The van der Waals surface area contributed by atoms with Gasteiger partial charge in [-0.3, -0.25) is 0 Å². The summed E-state index contributed by atoms with van der Waals surface area (Å²) in [5.74, 6) is 0.658. The fourth-order valence-corrected chi connectivity index (χ4v) is 0.901. The van der Waals surface area contributed by atoms with Crippen molar-refractivity contribution in [3.05, 3.63) is 35.9 Å². The first kappa shape index (κ1) is 7.15. The molecule has 0 aliphatic rings. The third-order valence-corrected chi connectivity index (χ3v) is 1.86. The molecule has 0 bridgehead atoms. The van der Waals surface area contributed by atoms with E-state index in [4.69, 9.17) is 0 Å². The lowest BCUT2D eigenvalue weighted by atomic mass is 10.00. The summed E-state index contributed by atoms with van der Waals surface area (Å²) in [6, 6.07) is 11.9. The molecule has 0 nitrogen and oxygen atoms in total. The van der Waals surface area contributed by atoms with Gasteiger partial charge in [-0.15, -0.1) is 0 Å². The zero-order valence-corrected chi connectivity index (χ0v) is 6.52. The minimum absolute atomic E-state index is 0.658. The van der Waals surface area contributed by atoms with Gasteiger partial charge >= 0.3 is 0 Å². The van der Waals surface area contributed by atoms with Gasteiger partial charge in [-0.05, 0) is 36.1 Å². The first-order valence-corrected chi connectivity index (χ1v) is 3.72. The Bertz CT molecular complexity index is 176. The van der Waals surface area contributed by atoms with Crippen LogP contribution in [0.2, 0.25) is 0 Å². The molecule has 0 aliphatic carbocycles. The molecule has 1 unspecified atom stereocenters. The predicted molar refractivity (Wildman–Crippen MR) is 42.8 cm³/mol. The summed E-state index contributed by atoms with van der Waals surface area (Å²) in [4.78, 5) is 0. The maximum absolute atomic E-state index is 2.95. The van der Waals surface area contributed by atoms with Gasteiger partial charge in [0.1, 0.15) is 0 Å². The molecule has 1 rings (SSSR count). The van der Waals surface area contributed by atoms with Crippen LogP contribution >= 0.6 is 0 Å². The standard InChI is InChI=1S/C10H12/c1-3-9(2)10-7-5-4-6-8-10/h5,7-9H,3H2,1-2H3. The normalized spacial score (nSPS) is 12.2. The lowest BCUT2D eigenvalue weighted by molar-refractivity contribution is 0.734. The second kappa shape index (κ2) is 3.27. The molecule has 0 heterocycles. The highest BCUT2D eigenvalue weighted by molar-refractivity contribution is 5.14. The van der Waals surface area contributed by atoms with E-state index in [2.05, 4.69) is 32.0 Å². The topological polar surface area (TPSA) is 0 Å². The first-order valence-electron chi connectivity index (χ1n) is 3.72. The van der Waals surface area contributed by atoms with Crippen molar-refractivity contribution in [2.75, 3.05) is 0 Å². The molecular weight excluding hydrogens is 120 g/mol. The summed E-state index contributed by atoms with van der Waals surface area (Å²) in [5.41, 5.74) is 1.36. The maximum atomic E-state index is 2.95. The number of hydrogen-bond acceptors (Lipinski definition) is 0. The van der Waals surface area contributed by atoms with Gasteiger partial charge < -0.3 is 0 Å². The van der Waals surface area contributed by atoms with Crippen LogP contribution in [-0.2, 0) is 0 Å². The molecule has 0 saturated carbocycles. The van der Waals surface area contributed by atoms with Gasteiger partial charge in [-0.1, -0.05) is 26.0 Å². The minimum atomic E-state index is 0.658. The lowest BCUT2D eigenvalue weighted by Gasteiger charge is -2.05. The fraction of sp³-hybridized carbons (Fsp3) is 0.400. The van der Waals surface area contributed by atoms with E-state index in [1.54, 1.807) is 0 Å². The number of hydrogen-bond donors (Lipinski definition) is 0. The van der Waals surface area contributed by atoms with Crippen molar-refractivity contribution in [3.63, 3.8) is 0 Å². The predicted octanol–water partition coefficient (Wildman–Crippen LogP) is 2.80. The second-order valence-electron chi connectivity index (χ2n) is 2.58. The summed E-state index contributed by atoms with van der Waals surface area (Å²) in [6.07, 6.45) is 1.19. The van der Waals surface area contributed by atoms with Crippen LogP contribution in [-0.4, -0.2) is 0 Å². The van der Waals surface area contributed by atoms with Gasteiger partial charge in [0.25, 0.3) is 0 Å². The largest absolute Gasteiger partial charge is 0.0702 e. The summed E-state index contributed by atoms with van der Waals surface area (Å²) in [6.45, 7) is 4.42. The summed E-state index contributed by atoms with van der Waals surface area (Å²) in [7, 11) is 0. The molecule has 0 saturated heterocycles. The fourth-order valence-electron chi connectivity index (χ4n) is 0.901. The SMILES string of the molecule is CCC(C)c1cc#ccc1. The Balaban J connectivity index is 2.75. The van der Waals surface area contributed by atoms with Crippen LogP contribution < -0.4 is 0 Å². The molecule has 0 heteroatoms. The second-order valence-corrected chi connectivity index (χ2v) is 2.58. The van der Waals surface area contributed by atoms with E-state index in [-0.39, 0.29) is 0 Å². The van der Waals surface area contributed by atoms with E-state index in [9.17, 15) is 0 Å². The van der Waals surface area contributed by atoms with Crippen molar-refractivity contribution >= 4 is 0 Å².